The van der Waals surface area contributed by atoms with Crippen LogP contribution in [-0.2, 0) is 4.79 Å². The van der Waals surface area contributed by atoms with Crippen molar-refractivity contribution in [2.24, 2.45) is 11.5 Å². The molecule has 0 aliphatic carbocycles. The molecule has 0 bridgehead atoms. The fourth-order valence-corrected chi connectivity index (χ4v) is 0.550. The molecule has 0 saturated carbocycles. The van der Waals surface area contributed by atoms with Crippen LogP contribution >= 0.6 is 0 Å². The Morgan fingerprint density at radius 1 is 1.70 bits per heavy atom. The molecule has 5 N–H and O–H groups in total. The van der Waals surface area contributed by atoms with Crippen molar-refractivity contribution in [1.82, 2.24) is 0 Å². The topological polar surface area (TPSA) is 89.3 Å². The Balaban J connectivity index is 3.39. The summed E-state index contributed by atoms with van der Waals surface area (Å²) >= 11 is 0. The van der Waals surface area contributed by atoms with Crippen LogP contribution in [0.5, 0.6) is 0 Å². The van der Waals surface area contributed by atoms with Gasteiger partial charge < -0.3 is 16.6 Å². The van der Waals surface area contributed by atoms with Crippen LogP contribution in [0.25, 0.3) is 0 Å². The van der Waals surface area contributed by atoms with Crippen molar-refractivity contribution in [3.8, 4) is 0 Å². The van der Waals surface area contributed by atoms with Crippen molar-refractivity contribution in [2.75, 3.05) is 0 Å². The minimum atomic E-state index is -0.570. The van der Waals surface area contributed by atoms with Gasteiger partial charge in [-0.15, -0.1) is 0 Å². The molecule has 4 nitrogen and oxygen atoms in total. The summed E-state index contributed by atoms with van der Waals surface area (Å²) in [5, 5.41) is 8.86. The van der Waals surface area contributed by atoms with Gasteiger partial charge in [-0.05, 0) is 13.3 Å². The number of aliphatic hydroxyl groups is 1. The molecule has 1 amide bonds. The van der Waals surface area contributed by atoms with Gasteiger partial charge in [0.2, 0.25) is 5.91 Å². The lowest BCUT2D eigenvalue weighted by atomic mass is 10.1. The second kappa shape index (κ2) is 4.24. The molecular weight excluding hydrogens is 132 g/mol. The molecular formula is C6H14N2O2. The van der Waals surface area contributed by atoms with Gasteiger partial charge >= 0.3 is 0 Å². The highest BCUT2D eigenvalue weighted by Gasteiger charge is 2.09. The number of rotatable bonds is 4. The number of hydrogen-bond acceptors (Lipinski definition) is 3. The Bertz CT molecular complexity index is 114. The molecule has 0 spiro atoms. The Morgan fingerprint density at radius 3 is 2.50 bits per heavy atom. The Labute approximate surface area is 60.2 Å². The highest BCUT2D eigenvalue weighted by molar-refractivity contribution is 5.73. The second-order valence-electron chi connectivity index (χ2n) is 2.41. The average molecular weight is 146 g/mol. The first kappa shape index (κ1) is 9.39. The highest BCUT2D eigenvalue weighted by atomic mass is 16.3. The van der Waals surface area contributed by atoms with Gasteiger partial charge in [-0.1, -0.05) is 0 Å². The zero-order valence-corrected chi connectivity index (χ0v) is 6.08. The van der Waals surface area contributed by atoms with E-state index in [1.165, 1.54) is 0 Å². The van der Waals surface area contributed by atoms with Crippen molar-refractivity contribution < 1.29 is 9.90 Å². The lowest BCUT2D eigenvalue weighted by molar-refractivity contribution is -0.118. The van der Waals surface area contributed by atoms with Gasteiger partial charge in [0.05, 0.1) is 6.10 Å². The van der Waals surface area contributed by atoms with E-state index in [1.807, 2.05) is 0 Å². The zero-order valence-electron chi connectivity index (χ0n) is 6.08. The van der Waals surface area contributed by atoms with E-state index >= 15 is 0 Å². The van der Waals surface area contributed by atoms with Crippen LogP contribution in [0.2, 0.25) is 0 Å². The molecule has 0 aromatic rings. The van der Waals surface area contributed by atoms with E-state index in [4.69, 9.17) is 16.6 Å². The molecule has 10 heavy (non-hydrogen) atoms. The normalized spacial score (nSPS) is 16.3. The van der Waals surface area contributed by atoms with Crippen LogP contribution in [0.15, 0.2) is 0 Å². The summed E-state index contributed by atoms with van der Waals surface area (Å²) < 4.78 is 0. The van der Waals surface area contributed by atoms with E-state index < -0.39 is 6.10 Å². The van der Waals surface area contributed by atoms with Crippen LogP contribution in [0.3, 0.4) is 0 Å². The molecule has 0 aromatic heterocycles. The van der Waals surface area contributed by atoms with E-state index in [9.17, 15) is 4.79 Å². The van der Waals surface area contributed by atoms with E-state index in [0.717, 1.165) is 0 Å². The maximum Gasteiger partial charge on any atom is 0.217 e. The number of carbonyl (C=O) groups excluding carboxylic acids is 1. The fraction of sp³-hybridized carbons (Fsp3) is 0.833. The first-order chi connectivity index (χ1) is 4.54. The van der Waals surface area contributed by atoms with Gasteiger partial charge in [0.1, 0.15) is 0 Å². The molecule has 0 aromatic carbocycles. The number of hydrogen-bond donors (Lipinski definition) is 3. The van der Waals surface area contributed by atoms with E-state index in [1.54, 1.807) is 6.92 Å². The third-order valence-electron chi connectivity index (χ3n) is 1.34. The average Bonchev–Trinajstić information content (AvgIpc) is 1.82. The predicted octanol–water partition coefficient (Wildman–Crippen LogP) is -1.04. The predicted molar refractivity (Wildman–Crippen MR) is 38.1 cm³/mol. The van der Waals surface area contributed by atoms with Crippen LogP contribution in [0.4, 0.5) is 0 Å². The van der Waals surface area contributed by atoms with Crippen LogP contribution in [0, 0.1) is 0 Å². The Kier molecular flexibility index (Phi) is 3.99. The van der Waals surface area contributed by atoms with Crippen molar-refractivity contribution in [2.45, 2.75) is 31.9 Å². The second-order valence-corrected chi connectivity index (χ2v) is 2.41. The quantitative estimate of drug-likeness (QED) is 0.473. The summed E-state index contributed by atoms with van der Waals surface area (Å²) in [6.07, 6.45) is 0.123. The monoisotopic (exact) mass is 146 g/mol. The molecule has 0 rings (SSSR count). The molecule has 0 radical (unpaired) electrons. The molecule has 2 atom stereocenters. The summed E-state index contributed by atoms with van der Waals surface area (Å²) in [7, 11) is 0. The van der Waals surface area contributed by atoms with Crippen LogP contribution in [0.1, 0.15) is 19.8 Å². The SMILES string of the molecule is C[C@@H](O)[C@@H](N)CCC(N)=O. The maximum absolute atomic E-state index is 10.2. The van der Waals surface area contributed by atoms with Crippen molar-refractivity contribution in [1.29, 1.82) is 0 Å². The lowest BCUT2D eigenvalue weighted by Gasteiger charge is -2.12. The van der Waals surface area contributed by atoms with E-state index in [0.29, 0.717) is 6.42 Å². The summed E-state index contributed by atoms with van der Waals surface area (Å²) in [5.41, 5.74) is 10.3. The molecule has 0 unspecified atom stereocenters. The van der Waals surface area contributed by atoms with Crippen LogP contribution in [-0.4, -0.2) is 23.2 Å². The van der Waals surface area contributed by atoms with Gasteiger partial charge in [-0.25, -0.2) is 0 Å². The molecule has 0 fully saturated rings. The summed E-state index contributed by atoms with van der Waals surface area (Å²) in [5.74, 6) is -0.379. The summed E-state index contributed by atoms with van der Waals surface area (Å²) in [6, 6.07) is -0.340. The van der Waals surface area contributed by atoms with E-state index in [-0.39, 0.29) is 18.4 Å². The number of aliphatic hydroxyl groups excluding tert-OH is 1. The van der Waals surface area contributed by atoms with Crippen LogP contribution < -0.4 is 11.5 Å². The zero-order chi connectivity index (χ0) is 8.15. The standard InChI is InChI=1S/C6H14N2O2/c1-4(9)5(7)2-3-6(8)10/h4-5,9H,2-3,7H2,1H3,(H2,8,10)/t4-,5+/m1/s1. The minimum absolute atomic E-state index is 0.242. The Hall–Kier alpha value is -0.610. The Morgan fingerprint density at radius 2 is 2.20 bits per heavy atom. The molecule has 60 valence electrons. The van der Waals surface area contributed by atoms with Gasteiger partial charge in [-0.3, -0.25) is 4.79 Å². The molecule has 0 saturated heterocycles. The first-order valence-corrected chi connectivity index (χ1v) is 3.26. The largest absolute Gasteiger partial charge is 0.392 e. The third-order valence-corrected chi connectivity index (χ3v) is 1.34. The smallest absolute Gasteiger partial charge is 0.217 e. The van der Waals surface area contributed by atoms with Crippen molar-refractivity contribution >= 4 is 5.91 Å². The van der Waals surface area contributed by atoms with Crippen molar-refractivity contribution in [3.05, 3.63) is 0 Å². The van der Waals surface area contributed by atoms with E-state index in [2.05, 4.69) is 0 Å². The number of primary amides is 1. The van der Waals surface area contributed by atoms with Gasteiger partial charge in [0.15, 0.2) is 0 Å². The lowest BCUT2D eigenvalue weighted by Crippen LogP contribution is -2.33. The molecule has 4 heteroatoms. The number of nitrogens with two attached hydrogens (primary N) is 2. The highest BCUT2D eigenvalue weighted by Crippen LogP contribution is 1.97. The first-order valence-electron chi connectivity index (χ1n) is 3.26. The van der Waals surface area contributed by atoms with Crippen molar-refractivity contribution in [3.63, 3.8) is 0 Å². The fourth-order valence-electron chi connectivity index (χ4n) is 0.550. The minimum Gasteiger partial charge on any atom is -0.392 e. The summed E-state index contributed by atoms with van der Waals surface area (Å²) in [6.45, 7) is 1.59. The molecule has 0 heterocycles. The van der Waals surface area contributed by atoms with Gasteiger partial charge in [0.25, 0.3) is 0 Å². The van der Waals surface area contributed by atoms with Gasteiger partial charge in [0, 0.05) is 12.5 Å². The maximum atomic E-state index is 10.2. The number of amides is 1. The number of carbonyl (C=O) groups is 1. The molecule has 0 aliphatic heterocycles. The third kappa shape index (κ3) is 4.29. The van der Waals surface area contributed by atoms with Gasteiger partial charge in [-0.2, -0.15) is 0 Å². The summed E-state index contributed by atoms with van der Waals surface area (Å²) in [4.78, 5) is 10.2. The molecule has 0 aliphatic rings.